The van der Waals surface area contributed by atoms with Crippen molar-refractivity contribution in [2.45, 2.75) is 38.6 Å². The molecule has 1 aromatic carbocycles. The molecule has 0 bridgehead atoms. The largest absolute Gasteiger partial charge is 0.314 e. The van der Waals surface area contributed by atoms with Crippen molar-refractivity contribution in [3.05, 3.63) is 35.4 Å². The van der Waals surface area contributed by atoms with Gasteiger partial charge in [-0.25, -0.2) is 0 Å². The summed E-state index contributed by atoms with van der Waals surface area (Å²) >= 11 is 0. The third kappa shape index (κ3) is 2.36. The molecule has 1 aliphatic rings. The van der Waals surface area contributed by atoms with E-state index >= 15 is 0 Å². The predicted octanol–water partition coefficient (Wildman–Crippen LogP) is 2.68. The first-order valence-electron chi connectivity index (χ1n) is 5.64. The molecular weight excluding hydrogens is 170 g/mol. The van der Waals surface area contributed by atoms with Gasteiger partial charge in [0.1, 0.15) is 0 Å². The second-order valence-electron chi connectivity index (χ2n) is 4.28. The summed E-state index contributed by atoms with van der Waals surface area (Å²) in [5.41, 5.74) is 2.94. The first kappa shape index (κ1) is 9.72. The van der Waals surface area contributed by atoms with Gasteiger partial charge in [-0.1, -0.05) is 30.7 Å². The number of piperidine rings is 1. The molecule has 1 aliphatic heterocycles. The molecule has 0 aliphatic carbocycles. The highest BCUT2D eigenvalue weighted by Crippen LogP contribution is 2.15. The first-order valence-corrected chi connectivity index (χ1v) is 5.64. The maximum Gasteiger partial charge on any atom is 0.0108 e. The van der Waals surface area contributed by atoms with E-state index in [9.17, 15) is 0 Å². The Morgan fingerprint density at radius 2 is 2.14 bits per heavy atom. The number of hydrogen-bond donors (Lipinski definition) is 1. The van der Waals surface area contributed by atoms with Crippen molar-refractivity contribution >= 4 is 0 Å². The van der Waals surface area contributed by atoms with Gasteiger partial charge in [0, 0.05) is 6.04 Å². The summed E-state index contributed by atoms with van der Waals surface area (Å²) in [5.74, 6) is 0. The van der Waals surface area contributed by atoms with Crippen molar-refractivity contribution in [3.8, 4) is 0 Å². The molecular formula is C13H19N. The normalized spacial score (nSPS) is 22.2. The van der Waals surface area contributed by atoms with Gasteiger partial charge in [0.25, 0.3) is 0 Å². The zero-order valence-electron chi connectivity index (χ0n) is 8.92. The summed E-state index contributed by atoms with van der Waals surface area (Å²) in [5, 5.41) is 3.59. The molecule has 1 heterocycles. The lowest BCUT2D eigenvalue weighted by molar-refractivity contribution is 0.399. The van der Waals surface area contributed by atoms with Crippen molar-refractivity contribution in [1.82, 2.24) is 5.32 Å². The molecule has 0 radical (unpaired) electrons. The van der Waals surface area contributed by atoms with E-state index in [1.807, 2.05) is 0 Å². The summed E-state index contributed by atoms with van der Waals surface area (Å²) in [4.78, 5) is 0. The van der Waals surface area contributed by atoms with Gasteiger partial charge < -0.3 is 5.32 Å². The van der Waals surface area contributed by atoms with Crippen LogP contribution in [0.25, 0.3) is 0 Å². The minimum absolute atomic E-state index is 0.713. The quantitative estimate of drug-likeness (QED) is 0.754. The van der Waals surface area contributed by atoms with Crippen LogP contribution in [0.1, 0.15) is 30.4 Å². The van der Waals surface area contributed by atoms with Gasteiger partial charge in [0.15, 0.2) is 0 Å². The zero-order chi connectivity index (χ0) is 9.80. The lowest BCUT2D eigenvalue weighted by atomic mass is 9.95. The fourth-order valence-corrected chi connectivity index (χ4v) is 2.20. The van der Waals surface area contributed by atoms with Crippen LogP contribution in [-0.2, 0) is 6.42 Å². The van der Waals surface area contributed by atoms with Crippen LogP contribution in [0.5, 0.6) is 0 Å². The molecule has 0 saturated carbocycles. The molecule has 0 aromatic heterocycles. The number of benzene rings is 1. The van der Waals surface area contributed by atoms with Crippen molar-refractivity contribution in [1.29, 1.82) is 0 Å². The Hall–Kier alpha value is -0.820. The molecule has 1 aromatic rings. The van der Waals surface area contributed by atoms with Crippen molar-refractivity contribution < 1.29 is 0 Å². The van der Waals surface area contributed by atoms with Crippen LogP contribution in [0.3, 0.4) is 0 Å². The molecule has 1 saturated heterocycles. The Morgan fingerprint density at radius 1 is 1.29 bits per heavy atom. The standard InChI is InChI=1S/C13H19N/c1-11-6-2-3-7-12(11)10-13-8-4-5-9-14-13/h2-3,6-7,13-14H,4-5,8-10H2,1H3/t13-/m1/s1. The minimum Gasteiger partial charge on any atom is -0.314 e. The molecule has 0 spiro atoms. The van der Waals surface area contributed by atoms with Gasteiger partial charge >= 0.3 is 0 Å². The van der Waals surface area contributed by atoms with E-state index in [-0.39, 0.29) is 0 Å². The molecule has 1 atom stereocenters. The molecule has 1 N–H and O–H groups in total. The van der Waals surface area contributed by atoms with Crippen molar-refractivity contribution in [3.63, 3.8) is 0 Å². The fraction of sp³-hybridized carbons (Fsp3) is 0.538. The van der Waals surface area contributed by atoms with Crippen LogP contribution in [0.2, 0.25) is 0 Å². The Bertz CT molecular complexity index is 287. The van der Waals surface area contributed by atoms with Gasteiger partial charge in [0.05, 0.1) is 0 Å². The van der Waals surface area contributed by atoms with E-state index < -0.39 is 0 Å². The highest BCUT2D eigenvalue weighted by atomic mass is 14.9. The van der Waals surface area contributed by atoms with Crippen LogP contribution in [-0.4, -0.2) is 12.6 Å². The molecule has 1 heteroatoms. The lowest BCUT2D eigenvalue weighted by Gasteiger charge is -2.24. The average Bonchev–Trinajstić information content (AvgIpc) is 2.23. The van der Waals surface area contributed by atoms with E-state index in [1.54, 1.807) is 0 Å². The second-order valence-corrected chi connectivity index (χ2v) is 4.28. The smallest absolute Gasteiger partial charge is 0.0108 e. The fourth-order valence-electron chi connectivity index (χ4n) is 2.20. The molecule has 2 rings (SSSR count). The van der Waals surface area contributed by atoms with E-state index in [1.165, 1.54) is 43.4 Å². The van der Waals surface area contributed by atoms with Crippen LogP contribution in [0.4, 0.5) is 0 Å². The van der Waals surface area contributed by atoms with Crippen molar-refractivity contribution in [2.75, 3.05) is 6.54 Å². The number of aryl methyl sites for hydroxylation is 1. The molecule has 0 unspecified atom stereocenters. The Kier molecular flexibility index (Phi) is 3.20. The van der Waals surface area contributed by atoms with Gasteiger partial charge in [0.2, 0.25) is 0 Å². The van der Waals surface area contributed by atoms with Gasteiger partial charge in [-0.2, -0.15) is 0 Å². The van der Waals surface area contributed by atoms with Gasteiger partial charge in [-0.3, -0.25) is 0 Å². The third-order valence-corrected chi connectivity index (χ3v) is 3.14. The van der Waals surface area contributed by atoms with Crippen LogP contribution < -0.4 is 5.32 Å². The highest BCUT2D eigenvalue weighted by Gasteiger charge is 2.13. The van der Waals surface area contributed by atoms with E-state index in [2.05, 4.69) is 36.5 Å². The van der Waals surface area contributed by atoms with E-state index in [4.69, 9.17) is 0 Å². The maximum absolute atomic E-state index is 3.59. The zero-order valence-corrected chi connectivity index (χ0v) is 8.92. The summed E-state index contributed by atoms with van der Waals surface area (Å²) < 4.78 is 0. The molecule has 0 amide bonds. The molecule has 14 heavy (non-hydrogen) atoms. The SMILES string of the molecule is Cc1ccccc1C[C@H]1CCCCN1. The second kappa shape index (κ2) is 4.61. The van der Waals surface area contributed by atoms with Crippen LogP contribution >= 0.6 is 0 Å². The summed E-state index contributed by atoms with van der Waals surface area (Å²) in [6.07, 6.45) is 5.29. The molecule has 76 valence electrons. The maximum atomic E-state index is 3.59. The van der Waals surface area contributed by atoms with Crippen molar-refractivity contribution in [2.24, 2.45) is 0 Å². The molecule has 1 nitrogen and oxygen atoms in total. The van der Waals surface area contributed by atoms with E-state index in [0.29, 0.717) is 6.04 Å². The lowest BCUT2D eigenvalue weighted by Crippen LogP contribution is -2.35. The van der Waals surface area contributed by atoms with Crippen LogP contribution in [0.15, 0.2) is 24.3 Å². The predicted molar refractivity (Wildman–Crippen MR) is 60.5 cm³/mol. The Balaban J connectivity index is 1.99. The monoisotopic (exact) mass is 189 g/mol. The van der Waals surface area contributed by atoms with Crippen LogP contribution in [0, 0.1) is 6.92 Å². The van der Waals surface area contributed by atoms with Gasteiger partial charge in [-0.15, -0.1) is 0 Å². The number of hydrogen-bond acceptors (Lipinski definition) is 1. The molecule has 1 fully saturated rings. The highest BCUT2D eigenvalue weighted by molar-refractivity contribution is 5.26. The minimum atomic E-state index is 0.713. The number of rotatable bonds is 2. The summed E-state index contributed by atoms with van der Waals surface area (Å²) in [7, 11) is 0. The summed E-state index contributed by atoms with van der Waals surface area (Å²) in [6, 6.07) is 9.44. The van der Waals surface area contributed by atoms with E-state index in [0.717, 1.165) is 0 Å². The average molecular weight is 189 g/mol. The third-order valence-electron chi connectivity index (χ3n) is 3.14. The Morgan fingerprint density at radius 3 is 2.86 bits per heavy atom. The number of nitrogens with one attached hydrogen (secondary N) is 1. The first-order chi connectivity index (χ1) is 6.86. The topological polar surface area (TPSA) is 12.0 Å². The van der Waals surface area contributed by atoms with Gasteiger partial charge in [-0.05, 0) is 43.9 Å². The Labute approximate surface area is 86.5 Å². The summed E-state index contributed by atoms with van der Waals surface area (Å²) in [6.45, 7) is 3.41.